The van der Waals surface area contributed by atoms with Crippen molar-refractivity contribution in [1.82, 2.24) is 5.32 Å². The Morgan fingerprint density at radius 3 is 1.85 bits per heavy atom. The maximum absolute atomic E-state index is 12.2. The molecule has 0 saturated carbocycles. The molecule has 6 nitrogen and oxygen atoms in total. The SMILES string of the molecule is CC(=O)C[C@H](NC(=O)OCc1ccccc1)C(=O)OCc1ccccc1. The third-order valence-electron chi connectivity index (χ3n) is 3.50. The van der Waals surface area contributed by atoms with Gasteiger partial charge in [0.1, 0.15) is 25.0 Å². The molecule has 26 heavy (non-hydrogen) atoms. The van der Waals surface area contributed by atoms with Crippen LogP contribution in [0.2, 0.25) is 0 Å². The summed E-state index contributed by atoms with van der Waals surface area (Å²) < 4.78 is 10.3. The molecule has 0 aliphatic rings. The van der Waals surface area contributed by atoms with Gasteiger partial charge in [0.15, 0.2) is 0 Å². The Morgan fingerprint density at radius 2 is 1.35 bits per heavy atom. The molecule has 2 rings (SSSR count). The van der Waals surface area contributed by atoms with Gasteiger partial charge in [-0.15, -0.1) is 0 Å². The van der Waals surface area contributed by atoms with E-state index in [4.69, 9.17) is 9.47 Å². The van der Waals surface area contributed by atoms with Gasteiger partial charge < -0.3 is 14.8 Å². The molecule has 0 spiro atoms. The first kappa shape index (κ1) is 19.2. The molecule has 0 heterocycles. The van der Waals surface area contributed by atoms with Crippen LogP contribution in [0.15, 0.2) is 60.7 Å². The van der Waals surface area contributed by atoms with E-state index < -0.39 is 18.1 Å². The number of alkyl carbamates (subject to hydrolysis) is 1. The van der Waals surface area contributed by atoms with Crippen LogP contribution in [0.25, 0.3) is 0 Å². The number of benzene rings is 2. The number of carbonyl (C=O) groups is 3. The van der Waals surface area contributed by atoms with E-state index in [0.717, 1.165) is 11.1 Å². The molecule has 1 N–H and O–H groups in total. The Balaban J connectivity index is 1.87. The molecule has 2 aromatic rings. The van der Waals surface area contributed by atoms with Gasteiger partial charge in [-0.05, 0) is 18.1 Å². The summed E-state index contributed by atoms with van der Waals surface area (Å²) in [7, 11) is 0. The monoisotopic (exact) mass is 355 g/mol. The van der Waals surface area contributed by atoms with Gasteiger partial charge in [-0.1, -0.05) is 60.7 Å². The van der Waals surface area contributed by atoms with Crippen molar-refractivity contribution in [3.05, 3.63) is 71.8 Å². The molecule has 0 aliphatic heterocycles. The summed E-state index contributed by atoms with van der Waals surface area (Å²) in [6, 6.07) is 17.2. The summed E-state index contributed by atoms with van der Waals surface area (Å²) >= 11 is 0. The molecule has 0 aliphatic carbocycles. The lowest BCUT2D eigenvalue weighted by Gasteiger charge is -2.16. The number of Topliss-reactive ketones (excluding diaryl/α,β-unsaturated/α-hetero) is 1. The summed E-state index contributed by atoms with van der Waals surface area (Å²) in [4.78, 5) is 35.5. The van der Waals surface area contributed by atoms with Crippen LogP contribution in [-0.4, -0.2) is 23.9 Å². The van der Waals surface area contributed by atoms with Gasteiger partial charge in [0, 0.05) is 6.42 Å². The second-order valence-electron chi connectivity index (χ2n) is 5.76. The number of carbonyl (C=O) groups excluding carboxylic acids is 3. The largest absolute Gasteiger partial charge is 0.459 e. The highest BCUT2D eigenvalue weighted by Gasteiger charge is 2.24. The van der Waals surface area contributed by atoms with E-state index in [1.807, 2.05) is 60.7 Å². The van der Waals surface area contributed by atoms with E-state index >= 15 is 0 Å². The molecule has 6 heteroatoms. The molecule has 0 aromatic heterocycles. The highest BCUT2D eigenvalue weighted by molar-refractivity contribution is 5.87. The topological polar surface area (TPSA) is 81.7 Å². The number of nitrogens with one attached hydrogen (secondary N) is 1. The minimum atomic E-state index is -1.08. The summed E-state index contributed by atoms with van der Waals surface area (Å²) in [5.74, 6) is -0.921. The number of rotatable bonds is 8. The number of ketones is 1. The molecule has 1 atom stereocenters. The zero-order valence-corrected chi connectivity index (χ0v) is 14.5. The Bertz CT molecular complexity index is 730. The fraction of sp³-hybridized carbons (Fsp3) is 0.250. The summed E-state index contributed by atoms with van der Waals surface area (Å²) in [6.07, 6.45) is -0.939. The smallest absolute Gasteiger partial charge is 0.408 e. The standard InChI is InChI=1S/C20H21NO5/c1-15(22)12-18(19(23)25-13-16-8-4-2-5-9-16)21-20(24)26-14-17-10-6-3-7-11-17/h2-11,18H,12-14H2,1H3,(H,21,24)/t18-/m0/s1. The Hall–Kier alpha value is -3.15. The van der Waals surface area contributed by atoms with Crippen molar-refractivity contribution in [3.8, 4) is 0 Å². The van der Waals surface area contributed by atoms with E-state index in [1.165, 1.54) is 6.92 Å². The van der Waals surface area contributed by atoms with Gasteiger partial charge in [-0.25, -0.2) is 9.59 Å². The van der Waals surface area contributed by atoms with Crippen molar-refractivity contribution >= 4 is 17.8 Å². The Labute approximate surface area is 152 Å². The second kappa shape index (κ2) is 9.98. The maximum Gasteiger partial charge on any atom is 0.408 e. The lowest BCUT2D eigenvalue weighted by atomic mass is 10.1. The highest BCUT2D eigenvalue weighted by Crippen LogP contribution is 2.05. The van der Waals surface area contributed by atoms with Gasteiger partial charge >= 0.3 is 12.1 Å². The average molecular weight is 355 g/mol. The van der Waals surface area contributed by atoms with Crippen molar-refractivity contribution in [3.63, 3.8) is 0 Å². The Kier molecular flexibility index (Phi) is 7.36. The normalized spacial score (nSPS) is 11.3. The summed E-state index contributed by atoms with van der Waals surface area (Å²) in [5.41, 5.74) is 1.63. The minimum absolute atomic E-state index is 0.0643. The molecular formula is C20H21NO5. The first-order chi connectivity index (χ1) is 12.5. The molecular weight excluding hydrogens is 334 g/mol. The predicted octanol–water partition coefficient (Wildman–Crippen LogP) is 3.00. The van der Waals surface area contributed by atoms with Gasteiger partial charge in [-0.3, -0.25) is 4.79 Å². The van der Waals surface area contributed by atoms with Crippen molar-refractivity contribution in [2.24, 2.45) is 0 Å². The molecule has 0 fully saturated rings. The second-order valence-corrected chi connectivity index (χ2v) is 5.76. The molecule has 0 saturated heterocycles. The summed E-state index contributed by atoms with van der Waals surface area (Å²) in [5, 5.41) is 2.40. The van der Waals surface area contributed by atoms with E-state index in [-0.39, 0.29) is 25.4 Å². The van der Waals surface area contributed by atoms with Gasteiger partial charge in [0.25, 0.3) is 0 Å². The molecule has 0 unspecified atom stereocenters. The van der Waals surface area contributed by atoms with Crippen molar-refractivity contribution < 1.29 is 23.9 Å². The Morgan fingerprint density at radius 1 is 0.846 bits per heavy atom. The predicted molar refractivity (Wildman–Crippen MR) is 95.1 cm³/mol. The molecule has 136 valence electrons. The molecule has 2 aromatic carbocycles. The van der Waals surface area contributed by atoms with Crippen LogP contribution in [0.3, 0.4) is 0 Å². The molecule has 0 bridgehead atoms. The maximum atomic E-state index is 12.2. The van der Waals surface area contributed by atoms with Crippen LogP contribution in [0.4, 0.5) is 4.79 Å². The number of esters is 1. The van der Waals surface area contributed by atoms with Gasteiger partial charge in [0.05, 0.1) is 0 Å². The number of hydrogen-bond acceptors (Lipinski definition) is 5. The third kappa shape index (κ3) is 6.76. The molecule has 0 radical (unpaired) electrons. The van der Waals surface area contributed by atoms with Gasteiger partial charge in [-0.2, -0.15) is 0 Å². The van der Waals surface area contributed by atoms with Crippen LogP contribution in [0, 0.1) is 0 Å². The first-order valence-corrected chi connectivity index (χ1v) is 8.22. The fourth-order valence-electron chi connectivity index (χ4n) is 2.22. The van der Waals surface area contributed by atoms with Crippen molar-refractivity contribution in [1.29, 1.82) is 0 Å². The van der Waals surface area contributed by atoms with Crippen LogP contribution < -0.4 is 5.32 Å². The minimum Gasteiger partial charge on any atom is -0.459 e. The van der Waals surface area contributed by atoms with E-state index in [9.17, 15) is 14.4 Å². The fourth-order valence-corrected chi connectivity index (χ4v) is 2.22. The number of amides is 1. The third-order valence-corrected chi connectivity index (χ3v) is 3.50. The summed E-state index contributed by atoms with van der Waals surface area (Å²) in [6.45, 7) is 1.47. The zero-order chi connectivity index (χ0) is 18.8. The van der Waals surface area contributed by atoms with Crippen LogP contribution in [-0.2, 0) is 32.3 Å². The lowest BCUT2D eigenvalue weighted by Crippen LogP contribution is -2.43. The quantitative estimate of drug-likeness (QED) is 0.736. The van der Waals surface area contributed by atoms with Crippen LogP contribution in [0.5, 0.6) is 0 Å². The molecule has 1 amide bonds. The van der Waals surface area contributed by atoms with Crippen LogP contribution in [0.1, 0.15) is 24.5 Å². The van der Waals surface area contributed by atoms with E-state index in [0.29, 0.717) is 0 Å². The highest BCUT2D eigenvalue weighted by atomic mass is 16.6. The van der Waals surface area contributed by atoms with Crippen molar-refractivity contribution in [2.45, 2.75) is 32.6 Å². The van der Waals surface area contributed by atoms with E-state index in [2.05, 4.69) is 5.32 Å². The van der Waals surface area contributed by atoms with Gasteiger partial charge in [0.2, 0.25) is 0 Å². The number of ether oxygens (including phenoxy) is 2. The zero-order valence-electron chi connectivity index (χ0n) is 14.5. The average Bonchev–Trinajstić information content (AvgIpc) is 2.65. The first-order valence-electron chi connectivity index (χ1n) is 8.22. The number of hydrogen-bond donors (Lipinski definition) is 1. The van der Waals surface area contributed by atoms with Crippen LogP contribution >= 0.6 is 0 Å². The van der Waals surface area contributed by atoms with E-state index in [1.54, 1.807) is 0 Å². The van der Waals surface area contributed by atoms with Crippen molar-refractivity contribution in [2.75, 3.05) is 0 Å². The lowest BCUT2D eigenvalue weighted by molar-refractivity contribution is -0.148.